The molecule has 0 saturated carbocycles. The van der Waals surface area contributed by atoms with Crippen LogP contribution >= 0.6 is 12.4 Å². The average Bonchev–Trinajstić information content (AvgIpc) is 2.26. The van der Waals surface area contributed by atoms with Crippen molar-refractivity contribution in [3.8, 4) is 5.75 Å². The second kappa shape index (κ2) is 7.42. The number of halogens is 3. The van der Waals surface area contributed by atoms with Gasteiger partial charge in [0.25, 0.3) is 0 Å². The molecule has 3 N–H and O–H groups in total. The molecular formula is C11H16ClF2NO2. The van der Waals surface area contributed by atoms with E-state index in [1.54, 1.807) is 0 Å². The normalized spacial score (nSPS) is 11.8. The molecule has 1 rings (SSSR count). The van der Waals surface area contributed by atoms with Crippen molar-refractivity contribution in [3.63, 3.8) is 0 Å². The summed E-state index contributed by atoms with van der Waals surface area (Å²) in [6, 6.07) is 1.56. The molecule has 0 aliphatic carbocycles. The van der Waals surface area contributed by atoms with Crippen LogP contribution in [0.4, 0.5) is 8.78 Å². The Labute approximate surface area is 105 Å². The molecule has 0 fully saturated rings. The van der Waals surface area contributed by atoms with Gasteiger partial charge in [-0.1, -0.05) is 0 Å². The zero-order valence-electron chi connectivity index (χ0n) is 9.45. The maximum atomic E-state index is 13.7. The molecule has 0 aliphatic heterocycles. The van der Waals surface area contributed by atoms with Gasteiger partial charge in [-0.15, -0.1) is 12.4 Å². The van der Waals surface area contributed by atoms with Crippen molar-refractivity contribution in [2.24, 2.45) is 5.73 Å². The topological polar surface area (TPSA) is 55.5 Å². The Kier molecular flexibility index (Phi) is 7.03. The van der Waals surface area contributed by atoms with Crippen LogP contribution in [0.2, 0.25) is 0 Å². The van der Waals surface area contributed by atoms with E-state index in [-0.39, 0.29) is 30.3 Å². The van der Waals surface area contributed by atoms with E-state index in [0.29, 0.717) is 12.8 Å². The van der Waals surface area contributed by atoms with E-state index in [1.165, 1.54) is 13.2 Å². The molecule has 0 spiro atoms. The monoisotopic (exact) mass is 267 g/mol. The molecule has 17 heavy (non-hydrogen) atoms. The fourth-order valence-corrected chi connectivity index (χ4v) is 1.50. The third-order valence-corrected chi connectivity index (χ3v) is 2.36. The van der Waals surface area contributed by atoms with E-state index >= 15 is 0 Å². The Morgan fingerprint density at radius 1 is 1.41 bits per heavy atom. The molecule has 98 valence electrons. The van der Waals surface area contributed by atoms with E-state index in [2.05, 4.69) is 0 Å². The van der Waals surface area contributed by atoms with E-state index < -0.39 is 17.7 Å². The molecule has 0 unspecified atom stereocenters. The molecule has 0 aromatic heterocycles. The molecule has 1 aromatic carbocycles. The number of ether oxygens (including phenoxy) is 1. The van der Waals surface area contributed by atoms with Crippen molar-refractivity contribution in [2.45, 2.75) is 18.9 Å². The molecule has 0 heterocycles. The summed E-state index contributed by atoms with van der Waals surface area (Å²) < 4.78 is 31.9. The number of hydrogen-bond acceptors (Lipinski definition) is 3. The highest BCUT2D eigenvalue weighted by Gasteiger charge is 2.19. The van der Waals surface area contributed by atoms with Crippen LogP contribution in [-0.4, -0.2) is 18.8 Å². The van der Waals surface area contributed by atoms with Gasteiger partial charge in [-0.25, -0.2) is 8.78 Å². The van der Waals surface area contributed by atoms with Gasteiger partial charge in [-0.05, 0) is 25.0 Å². The van der Waals surface area contributed by atoms with Gasteiger partial charge in [0.05, 0.1) is 7.11 Å². The van der Waals surface area contributed by atoms with Crippen LogP contribution in [-0.2, 0) is 0 Å². The number of aliphatic hydroxyl groups excluding tert-OH is 1. The average molecular weight is 268 g/mol. The van der Waals surface area contributed by atoms with Gasteiger partial charge < -0.3 is 15.6 Å². The second-order valence-electron chi connectivity index (χ2n) is 3.45. The number of nitrogens with two attached hydrogens (primary N) is 1. The number of aliphatic hydroxyl groups is 1. The van der Waals surface area contributed by atoms with Crippen LogP contribution in [0.25, 0.3) is 0 Å². The van der Waals surface area contributed by atoms with Crippen molar-refractivity contribution in [1.82, 2.24) is 0 Å². The Hall–Kier alpha value is -0.910. The van der Waals surface area contributed by atoms with Gasteiger partial charge >= 0.3 is 0 Å². The lowest BCUT2D eigenvalue weighted by Crippen LogP contribution is -2.15. The van der Waals surface area contributed by atoms with Gasteiger partial charge in [-0.2, -0.15) is 0 Å². The second-order valence-corrected chi connectivity index (χ2v) is 3.45. The van der Waals surface area contributed by atoms with Gasteiger partial charge in [0.2, 0.25) is 0 Å². The number of methoxy groups -OCH3 is 1. The SMILES string of the molecule is COc1ccc(F)c([C@H](N)CCCO)c1F.Cl. The third-order valence-electron chi connectivity index (χ3n) is 2.36. The van der Waals surface area contributed by atoms with Crippen molar-refractivity contribution in [3.05, 3.63) is 29.3 Å². The molecular weight excluding hydrogens is 252 g/mol. The molecule has 6 heteroatoms. The highest BCUT2D eigenvalue weighted by molar-refractivity contribution is 5.85. The van der Waals surface area contributed by atoms with E-state index in [9.17, 15) is 8.78 Å². The fourth-order valence-electron chi connectivity index (χ4n) is 1.50. The largest absolute Gasteiger partial charge is 0.494 e. The lowest BCUT2D eigenvalue weighted by atomic mass is 10.0. The minimum absolute atomic E-state index is 0. The van der Waals surface area contributed by atoms with E-state index in [4.69, 9.17) is 15.6 Å². The Morgan fingerprint density at radius 3 is 2.59 bits per heavy atom. The smallest absolute Gasteiger partial charge is 0.172 e. The third kappa shape index (κ3) is 3.80. The van der Waals surface area contributed by atoms with Crippen LogP contribution in [0.5, 0.6) is 5.75 Å². The first-order valence-electron chi connectivity index (χ1n) is 5.00. The summed E-state index contributed by atoms with van der Waals surface area (Å²) in [5.74, 6) is -1.49. The van der Waals surface area contributed by atoms with Crippen molar-refractivity contribution in [1.29, 1.82) is 0 Å². The Balaban J connectivity index is 0.00000256. The lowest BCUT2D eigenvalue weighted by molar-refractivity contribution is 0.278. The van der Waals surface area contributed by atoms with Crippen LogP contribution < -0.4 is 10.5 Å². The molecule has 1 aromatic rings. The summed E-state index contributed by atoms with van der Waals surface area (Å²) in [6.45, 7) is -0.0547. The Morgan fingerprint density at radius 2 is 2.06 bits per heavy atom. The minimum atomic E-state index is -0.776. The standard InChI is InChI=1S/C11H15F2NO2.ClH/c1-16-9-5-4-7(12)10(11(9)13)8(14)3-2-6-15;/h4-5,8,15H,2-3,6,14H2,1H3;1H/t8-;/m1./s1. The highest BCUT2D eigenvalue weighted by atomic mass is 35.5. The van der Waals surface area contributed by atoms with Crippen LogP contribution in [0.3, 0.4) is 0 Å². The quantitative estimate of drug-likeness (QED) is 0.860. The number of benzene rings is 1. The maximum Gasteiger partial charge on any atom is 0.172 e. The number of rotatable bonds is 5. The summed E-state index contributed by atoms with van der Waals surface area (Å²) in [6.07, 6.45) is 0.717. The van der Waals surface area contributed by atoms with E-state index in [1.807, 2.05) is 0 Å². The zero-order chi connectivity index (χ0) is 12.1. The molecule has 0 amide bonds. The molecule has 1 atom stereocenters. The fraction of sp³-hybridized carbons (Fsp3) is 0.455. The van der Waals surface area contributed by atoms with Crippen molar-refractivity contribution in [2.75, 3.05) is 13.7 Å². The van der Waals surface area contributed by atoms with Gasteiger partial charge in [0.15, 0.2) is 11.6 Å². The molecule has 0 radical (unpaired) electrons. The summed E-state index contributed by atoms with van der Waals surface area (Å²) in [5, 5.41) is 8.63. The highest BCUT2D eigenvalue weighted by Crippen LogP contribution is 2.28. The van der Waals surface area contributed by atoms with Gasteiger partial charge in [0, 0.05) is 18.2 Å². The first-order chi connectivity index (χ1) is 7.61. The molecule has 0 bridgehead atoms. The van der Waals surface area contributed by atoms with Crippen molar-refractivity contribution >= 4 is 12.4 Å². The Bertz CT molecular complexity index is 364. The first-order valence-corrected chi connectivity index (χ1v) is 5.00. The zero-order valence-corrected chi connectivity index (χ0v) is 10.3. The molecule has 3 nitrogen and oxygen atoms in total. The lowest BCUT2D eigenvalue weighted by Gasteiger charge is -2.15. The summed E-state index contributed by atoms with van der Waals surface area (Å²) in [7, 11) is 1.30. The molecule has 0 aliphatic rings. The molecule has 0 saturated heterocycles. The number of hydrogen-bond donors (Lipinski definition) is 2. The van der Waals surface area contributed by atoms with Crippen LogP contribution in [0.15, 0.2) is 12.1 Å². The van der Waals surface area contributed by atoms with Gasteiger partial charge in [0.1, 0.15) is 5.82 Å². The maximum absolute atomic E-state index is 13.7. The summed E-state index contributed by atoms with van der Waals surface area (Å²) >= 11 is 0. The van der Waals surface area contributed by atoms with Gasteiger partial charge in [-0.3, -0.25) is 0 Å². The van der Waals surface area contributed by atoms with Crippen LogP contribution in [0, 0.1) is 11.6 Å². The predicted octanol–water partition coefficient (Wildman–Crippen LogP) is 2.17. The summed E-state index contributed by atoms with van der Waals surface area (Å²) in [5.41, 5.74) is 5.47. The first kappa shape index (κ1) is 16.1. The van der Waals surface area contributed by atoms with E-state index in [0.717, 1.165) is 6.07 Å². The summed E-state index contributed by atoms with van der Waals surface area (Å²) in [4.78, 5) is 0. The predicted molar refractivity (Wildman–Crippen MR) is 63.4 cm³/mol. The van der Waals surface area contributed by atoms with Crippen molar-refractivity contribution < 1.29 is 18.6 Å². The minimum Gasteiger partial charge on any atom is -0.494 e. The van der Waals surface area contributed by atoms with Crippen LogP contribution in [0.1, 0.15) is 24.4 Å².